The van der Waals surface area contributed by atoms with Crippen LogP contribution in [-0.4, -0.2) is 20.8 Å². The Balaban J connectivity index is 1.60. The number of aromatic nitrogens is 2. The molecule has 1 aliphatic heterocycles. The molecule has 5 nitrogen and oxygen atoms in total. The van der Waals surface area contributed by atoms with E-state index in [0.717, 1.165) is 27.4 Å². The van der Waals surface area contributed by atoms with Crippen LogP contribution in [0.1, 0.15) is 28.8 Å². The van der Waals surface area contributed by atoms with Crippen LogP contribution in [0.15, 0.2) is 24.4 Å². The normalized spacial score (nSPS) is 13.3. The van der Waals surface area contributed by atoms with E-state index >= 15 is 0 Å². The Labute approximate surface area is 134 Å². The number of carbonyl (C=O) groups is 1. The molecule has 0 bridgehead atoms. The van der Waals surface area contributed by atoms with Crippen LogP contribution in [0.2, 0.25) is 5.02 Å². The topological polar surface area (TPSA) is 72.1 Å². The molecule has 0 saturated carbocycles. The van der Waals surface area contributed by atoms with Crippen LogP contribution in [0.5, 0.6) is 0 Å². The van der Waals surface area contributed by atoms with E-state index in [9.17, 15) is 4.79 Å². The van der Waals surface area contributed by atoms with Crippen molar-refractivity contribution >= 4 is 23.5 Å². The number of rotatable bonds is 3. The van der Waals surface area contributed by atoms with Gasteiger partial charge in [0.15, 0.2) is 0 Å². The van der Waals surface area contributed by atoms with Gasteiger partial charge in [0, 0.05) is 29.7 Å². The maximum atomic E-state index is 12.3. The number of halogens is 1. The van der Waals surface area contributed by atoms with Gasteiger partial charge in [-0.1, -0.05) is 23.7 Å². The van der Waals surface area contributed by atoms with Gasteiger partial charge >= 0.3 is 0 Å². The summed E-state index contributed by atoms with van der Waals surface area (Å²) in [6, 6.07) is 5.87. The Kier molecular flexibility index (Phi) is 3.98. The monoisotopic (exact) mass is 316 g/mol. The van der Waals surface area contributed by atoms with Crippen LogP contribution in [0.25, 0.3) is 0 Å². The molecular formula is C16H17ClN4O. The first-order valence-corrected chi connectivity index (χ1v) is 7.54. The third kappa shape index (κ3) is 3.04. The van der Waals surface area contributed by atoms with Crippen LogP contribution < -0.4 is 5.73 Å². The second-order valence-corrected chi connectivity index (χ2v) is 5.94. The maximum absolute atomic E-state index is 12.3. The van der Waals surface area contributed by atoms with Gasteiger partial charge in [0.05, 0.1) is 12.2 Å². The molecule has 1 aromatic heterocycles. The van der Waals surface area contributed by atoms with E-state index in [1.807, 2.05) is 25.1 Å². The minimum atomic E-state index is 0.115. The van der Waals surface area contributed by atoms with E-state index in [1.54, 1.807) is 11.1 Å². The summed E-state index contributed by atoms with van der Waals surface area (Å²) in [5.41, 5.74) is 9.56. The number of hydrogen-bond acceptors (Lipinski definition) is 4. The van der Waals surface area contributed by atoms with Gasteiger partial charge in [-0.25, -0.2) is 9.97 Å². The van der Waals surface area contributed by atoms with E-state index in [1.165, 1.54) is 0 Å². The van der Waals surface area contributed by atoms with Crippen molar-refractivity contribution < 1.29 is 4.79 Å². The highest BCUT2D eigenvalue weighted by atomic mass is 35.5. The van der Waals surface area contributed by atoms with Crippen LogP contribution in [0, 0.1) is 6.92 Å². The van der Waals surface area contributed by atoms with Gasteiger partial charge in [0.1, 0.15) is 0 Å². The average Bonchev–Trinajstić information content (AvgIpc) is 2.91. The smallest absolute Gasteiger partial charge is 0.223 e. The average molecular weight is 317 g/mol. The molecule has 0 atom stereocenters. The van der Waals surface area contributed by atoms with Gasteiger partial charge in [-0.2, -0.15) is 0 Å². The molecular weight excluding hydrogens is 300 g/mol. The van der Waals surface area contributed by atoms with E-state index in [2.05, 4.69) is 9.97 Å². The van der Waals surface area contributed by atoms with Gasteiger partial charge in [0.2, 0.25) is 11.9 Å². The number of nitrogens with zero attached hydrogens (tertiary/aromatic N) is 3. The highest BCUT2D eigenvalue weighted by molar-refractivity contribution is 6.31. The third-order valence-electron chi connectivity index (χ3n) is 3.88. The molecule has 1 amide bonds. The van der Waals surface area contributed by atoms with Crippen molar-refractivity contribution in [3.8, 4) is 0 Å². The number of amides is 1. The number of hydrogen-bond donors (Lipinski definition) is 1. The van der Waals surface area contributed by atoms with Crippen molar-refractivity contribution in [2.75, 3.05) is 5.73 Å². The summed E-state index contributed by atoms with van der Waals surface area (Å²) in [6.07, 6.45) is 2.88. The van der Waals surface area contributed by atoms with Crippen LogP contribution in [0.3, 0.4) is 0 Å². The fraction of sp³-hybridized carbons (Fsp3) is 0.312. The fourth-order valence-corrected chi connectivity index (χ4v) is 2.73. The van der Waals surface area contributed by atoms with E-state index in [0.29, 0.717) is 25.9 Å². The molecule has 6 heteroatoms. The van der Waals surface area contributed by atoms with Crippen LogP contribution in [0.4, 0.5) is 5.95 Å². The van der Waals surface area contributed by atoms with Gasteiger partial charge in [-0.3, -0.25) is 4.79 Å². The molecule has 0 radical (unpaired) electrons. The minimum Gasteiger partial charge on any atom is -0.368 e. The predicted octanol–water partition coefficient (Wildman–Crippen LogP) is 2.50. The van der Waals surface area contributed by atoms with Crippen molar-refractivity contribution in [2.24, 2.45) is 0 Å². The molecule has 2 N–H and O–H groups in total. The van der Waals surface area contributed by atoms with E-state index in [4.69, 9.17) is 17.3 Å². The lowest BCUT2D eigenvalue weighted by Gasteiger charge is -2.15. The number of carbonyl (C=O) groups excluding carboxylic acids is 1. The SMILES string of the molecule is Cc1cc(CCC(=O)N2Cc3cnc(N)nc3C2)ccc1Cl. The Morgan fingerprint density at radius 3 is 3.00 bits per heavy atom. The molecule has 2 aromatic rings. The van der Waals surface area contributed by atoms with Crippen molar-refractivity contribution in [1.82, 2.24) is 14.9 Å². The molecule has 22 heavy (non-hydrogen) atoms. The van der Waals surface area contributed by atoms with Gasteiger partial charge in [-0.05, 0) is 30.5 Å². The van der Waals surface area contributed by atoms with Crippen LogP contribution >= 0.6 is 11.6 Å². The molecule has 0 spiro atoms. The maximum Gasteiger partial charge on any atom is 0.223 e. The highest BCUT2D eigenvalue weighted by Crippen LogP contribution is 2.22. The number of fused-ring (bicyclic) bond motifs is 1. The Hall–Kier alpha value is -2.14. The fourth-order valence-electron chi connectivity index (χ4n) is 2.62. The first-order chi connectivity index (χ1) is 10.5. The number of nitrogen functional groups attached to an aromatic ring is 1. The van der Waals surface area contributed by atoms with Gasteiger partial charge < -0.3 is 10.6 Å². The lowest BCUT2D eigenvalue weighted by Crippen LogP contribution is -2.25. The lowest BCUT2D eigenvalue weighted by molar-refractivity contribution is -0.131. The Morgan fingerprint density at radius 1 is 1.41 bits per heavy atom. The third-order valence-corrected chi connectivity index (χ3v) is 4.30. The quantitative estimate of drug-likeness (QED) is 0.944. The summed E-state index contributed by atoms with van der Waals surface area (Å²) in [5, 5.41) is 0.751. The zero-order chi connectivity index (χ0) is 15.7. The molecule has 0 fully saturated rings. The minimum absolute atomic E-state index is 0.115. The molecule has 1 aromatic carbocycles. The van der Waals surface area contributed by atoms with Gasteiger partial charge in [-0.15, -0.1) is 0 Å². The summed E-state index contributed by atoms with van der Waals surface area (Å²) in [6.45, 7) is 3.04. The summed E-state index contributed by atoms with van der Waals surface area (Å²) in [7, 11) is 0. The molecule has 0 saturated heterocycles. The van der Waals surface area contributed by atoms with Crippen molar-refractivity contribution in [1.29, 1.82) is 0 Å². The summed E-state index contributed by atoms with van der Waals surface area (Å²) < 4.78 is 0. The van der Waals surface area contributed by atoms with E-state index < -0.39 is 0 Å². The molecule has 2 heterocycles. The van der Waals surface area contributed by atoms with Crippen LogP contribution in [-0.2, 0) is 24.3 Å². The first kappa shape index (κ1) is 14.8. The van der Waals surface area contributed by atoms with E-state index in [-0.39, 0.29) is 11.9 Å². The zero-order valence-electron chi connectivity index (χ0n) is 12.3. The predicted molar refractivity (Wildman–Crippen MR) is 85.2 cm³/mol. The summed E-state index contributed by atoms with van der Waals surface area (Å²) in [4.78, 5) is 22.3. The Morgan fingerprint density at radius 2 is 2.23 bits per heavy atom. The second-order valence-electron chi connectivity index (χ2n) is 5.53. The first-order valence-electron chi connectivity index (χ1n) is 7.16. The number of nitrogens with two attached hydrogens (primary N) is 1. The highest BCUT2D eigenvalue weighted by Gasteiger charge is 2.24. The van der Waals surface area contributed by atoms with Crippen molar-refractivity contribution in [3.63, 3.8) is 0 Å². The second kappa shape index (κ2) is 5.93. The van der Waals surface area contributed by atoms with Crippen molar-refractivity contribution in [2.45, 2.75) is 32.9 Å². The molecule has 3 rings (SSSR count). The van der Waals surface area contributed by atoms with Crippen molar-refractivity contribution in [3.05, 3.63) is 51.8 Å². The molecule has 114 valence electrons. The number of anilines is 1. The zero-order valence-corrected chi connectivity index (χ0v) is 13.1. The summed E-state index contributed by atoms with van der Waals surface area (Å²) in [5.74, 6) is 0.369. The molecule has 0 unspecified atom stereocenters. The largest absolute Gasteiger partial charge is 0.368 e. The number of benzene rings is 1. The number of aryl methyl sites for hydroxylation is 2. The van der Waals surface area contributed by atoms with Gasteiger partial charge in [0.25, 0.3) is 0 Å². The lowest BCUT2D eigenvalue weighted by atomic mass is 10.1. The standard InChI is InChI=1S/C16H17ClN4O/c1-10-6-11(2-4-13(10)17)3-5-15(22)21-8-12-7-19-16(18)20-14(12)9-21/h2,4,6-7H,3,5,8-9H2,1H3,(H2,18,19,20). The molecule has 1 aliphatic rings. The molecule has 0 aliphatic carbocycles. The Bertz CT molecular complexity index is 732. The summed E-state index contributed by atoms with van der Waals surface area (Å²) >= 11 is 6.01.